The van der Waals surface area contributed by atoms with Crippen LogP contribution in [0.25, 0.3) is 10.9 Å². The Hall–Kier alpha value is -2.50. The first-order valence-corrected chi connectivity index (χ1v) is 5.24. The Kier molecular flexibility index (Phi) is 2.07. The topological polar surface area (TPSA) is 77.8 Å². The third kappa shape index (κ3) is 1.35. The Labute approximate surface area is 101 Å². The van der Waals surface area contributed by atoms with Gasteiger partial charge < -0.3 is 19.1 Å². The molecular formula is C12H9NO5. The molecule has 3 rings (SSSR count). The molecular weight excluding hydrogens is 238 g/mol. The summed E-state index contributed by atoms with van der Waals surface area (Å²) in [4.78, 5) is 22.4. The fraction of sp³-hybridized carbons (Fsp3) is 0.167. The summed E-state index contributed by atoms with van der Waals surface area (Å²) >= 11 is 0. The molecule has 2 aromatic rings. The maximum Gasteiger partial charge on any atom is 0.377 e. The molecule has 1 aromatic heterocycles. The lowest BCUT2D eigenvalue weighted by Gasteiger charge is -1.99. The molecule has 0 aliphatic carbocycles. The van der Waals surface area contributed by atoms with E-state index in [9.17, 15) is 9.59 Å². The van der Waals surface area contributed by atoms with Crippen molar-refractivity contribution >= 4 is 22.7 Å². The summed E-state index contributed by atoms with van der Waals surface area (Å²) in [5, 5.41) is 9.33. The number of hydrogen-bond donors (Lipinski definition) is 1. The fourth-order valence-corrected chi connectivity index (χ4v) is 2.07. The molecule has 1 aliphatic heterocycles. The second kappa shape index (κ2) is 3.49. The number of hydrogen-bond acceptors (Lipinski definition) is 4. The van der Waals surface area contributed by atoms with Crippen LogP contribution in [0.2, 0.25) is 0 Å². The Morgan fingerprint density at radius 2 is 1.94 bits per heavy atom. The standard InChI is InChI=1S/C12H9NO5/c1-13-4-7(11(14)12(15)16)6-2-9-10(3-8(6)13)18-5-17-9/h2-4H,5H2,1H3,(H,15,16). The molecule has 1 aromatic carbocycles. The van der Waals surface area contributed by atoms with Gasteiger partial charge in [0, 0.05) is 24.7 Å². The Morgan fingerprint density at radius 3 is 2.61 bits per heavy atom. The molecule has 2 heterocycles. The SMILES string of the molecule is Cn1cc(C(=O)C(=O)O)c2cc3c(cc21)OCO3. The Bertz CT molecular complexity index is 685. The van der Waals surface area contributed by atoms with Gasteiger partial charge in [0.25, 0.3) is 5.78 Å². The van der Waals surface area contributed by atoms with Gasteiger partial charge in [0.15, 0.2) is 11.5 Å². The molecule has 18 heavy (non-hydrogen) atoms. The van der Waals surface area contributed by atoms with Crippen molar-refractivity contribution in [3.8, 4) is 11.5 Å². The minimum atomic E-state index is -1.47. The number of carbonyl (C=O) groups is 2. The number of benzene rings is 1. The van der Waals surface area contributed by atoms with E-state index >= 15 is 0 Å². The number of carboxylic acids is 1. The number of carbonyl (C=O) groups excluding carboxylic acids is 1. The number of aryl methyl sites for hydroxylation is 1. The van der Waals surface area contributed by atoms with E-state index < -0.39 is 11.8 Å². The van der Waals surface area contributed by atoms with Crippen LogP contribution in [0.1, 0.15) is 10.4 Å². The molecule has 0 atom stereocenters. The Balaban J connectivity index is 2.28. The third-order valence-corrected chi connectivity index (χ3v) is 2.92. The van der Waals surface area contributed by atoms with Crippen LogP contribution in [-0.2, 0) is 11.8 Å². The highest BCUT2D eigenvalue weighted by molar-refractivity contribution is 6.42. The quantitative estimate of drug-likeness (QED) is 0.636. The second-order valence-electron chi connectivity index (χ2n) is 4.01. The molecule has 1 aliphatic rings. The number of aliphatic carboxylic acids is 1. The van der Waals surface area contributed by atoms with Crippen LogP contribution in [0, 0.1) is 0 Å². The normalized spacial score (nSPS) is 12.9. The molecule has 0 radical (unpaired) electrons. The number of rotatable bonds is 2. The predicted octanol–water partition coefficient (Wildman–Crippen LogP) is 1.17. The number of nitrogens with zero attached hydrogens (tertiary/aromatic N) is 1. The summed E-state index contributed by atoms with van der Waals surface area (Å²) in [5.74, 6) is -1.29. The zero-order valence-corrected chi connectivity index (χ0v) is 9.47. The maximum atomic E-state index is 11.6. The summed E-state index contributed by atoms with van der Waals surface area (Å²) < 4.78 is 12.2. The summed E-state index contributed by atoms with van der Waals surface area (Å²) in [5.41, 5.74) is 0.877. The highest BCUT2D eigenvalue weighted by Gasteiger charge is 2.23. The van der Waals surface area contributed by atoms with Crippen LogP contribution < -0.4 is 9.47 Å². The van der Waals surface area contributed by atoms with Crippen molar-refractivity contribution in [2.75, 3.05) is 6.79 Å². The van der Waals surface area contributed by atoms with Crippen molar-refractivity contribution in [1.82, 2.24) is 4.57 Å². The van der Waals surface area contributed by atoms with Crippen LogP contribution in [0.5, 0.6) is 11.5 Å². The van der Waals surface area contributed by atoms with Gasteiger partial charge in [-0.2, -0.15) is 0 Å². The van der Waals surface area contributed by atoms with Crippen molar-refractivity contribution in [3.63, 3.8) is 0 Å². The summed E-state index contributed by atoms with van der Waals surface area (Å²) in [6, 6.07) is 3.37. The van der Waals surface area contributed by atoms with Gasteiger partial charge in [-0.15, -0.1) is 0 Å². The number of ketones is 1. The molecule has 0 unspecified atom stereocenters. The number of fused-ring (bicyclic) bond motifs is 2. The first kappa shape index (κ1) is 10.6. The fourth-order valence-electron chi connectivity index (χ4n) is 2.07. The first-order valence-electron chi connectivity index (χ1n) is 5.24. The zero-order valence-electron chi connectivity index (χ0n) is 9.47. The highest BCUT2D eigenvalue weighted by atomic mass is 16.7. The molecule has 92 valence electrons. The number of aromatic nitrogens is 1. The van der Waals surface area contributed by atoms with E-state index in [2.05, 4.69) is 0 Å². The van der Waals surface area contributed by atoms with E-state index in [0.717, 1.165) is 5.52 Å². The van der Waals surface area contributed by atoms with Crippen LogP contribution in [0.15, 0.2) is 18.3 Å². The summed E-state index contributed by atoms with van der Waals surface area (Å²) in [7, 11) is 1.74. The van der Waals surface area contributed by atoms with Crippen LogP contribution in [0.4, 0.5) is 0 Å². The van der Waals surface area contributed by atoms with Gasteiger partial charge in [-0.3, -0.25) is 4.79 Å². The van der Waals surface area contributed by atoms with Gasteiger partial charge in [-0.05, 0) is 6.07 Å². The maximum absolute atomic E-state index is 11.6. The van der Waals surface area contributed by atoms with Crippen molar-refractivity contribution in [1.29, 1.82) is 0 Å². The van der Waals surface area contributed by atoms with Gasteiger partial charge in [0.05, 0.1) is 11.1 Å². The van der Waals surface area contributed by atoms with Gasteiger partial charge in [0.1, 0.15) is 0 Å². The molecule has 0 saturated heterocycles. The lowest BCUT2D eigenvalue weighted by atomic mass is 10.1. The number of ether oxygens (including phenoxy) is 2. The molecule has 1 N–H and O–H groups in total. The van der Waals surface area contributed by atoms with Crippen molar-refractivity contribution in [3.05, 3.63) is 23.9 Å². The van der Waals surface area contributed by atoms with E-state index in [1.165, 1.54) is 6.20 Å². The molecule has 0 bridgehead atoms. The second-order valence-corrected chi connectivity index (χ2v) is 4.01. The van der Waals surface area contributed by atoms with Gasteiger partial charge >= 0.3 is 5.97 Å². The van der Waals surface area contributed by atoms with Gasteiger partial charge in [-0.1, -0.05) is 0 Å². The lowest BCUT2D eigenvalue weighted by Crippen LogP contribution is -2.12. The smallest absolute Gasteiger partial charge is 0.377 e. The lowest BCUT2D eigenvalue weighted by molar-refractivity contribution is -0.131. The molecule has 0 spiro atoms. The molecule has 0 fully saturated rings. The minimum Gasteiger partial charge on any atom is -0.475 e. The van der Waals surface area contributed by atoms with E-state index in [-0.39, 0.29) is 12.4 Å². The molecule has 6 heteroatoms. The monoisotopic (exact) mass is 247 g/mol. The summed E-state index contributed by atoms with van der Waals surface area (Å²) in [6.07, 6.45) is 1.50. The van der Waals surface area contributed by atoms with E-state index in [4.69, 9.17) is 14.6 Å². The Morgan fingerprint density at radius 1 is 1.28 bits per heavy atom. The van der Waals surface area contributed by atoms with Gasteiger partial charge in [-0.25, -0.2) is 4.79 Å². The van der Waals surface area contributed by atoms with Crippen LogP contribution in [-0.4, -0.2) is 28.2 Å². The summed E-state index contributed by atoms with van der Waals surface area (Å²) in [6.45, 7) is 0.133. The third-order valence-electron chi connectivity index (χ3n) is 2.92. The van der Waals surface area contributed by atoms with E-state index in [1.54, 1.807) is 23.7 Å². The molecule has 0 saturated carbocycles. The van der Waals surface area contributed by atoms with E-state index in [0.29, 0.717) is 16.9 Å². The van der Waals surface area contributed by atoms with Gasteiger partial charge in [0.2, 0.25) is 6.79 Å². The van der Waals surface area contributed by atoms with Crippen molar-refractivity contribution in [2.45, 2.75) is 0 Å². The molecule has 0 amide bonds. The minimum absolute atomic E-state index is 0.133. The average Bonchev–Trinajstić information content (AvgIpc) is 2.91. The largest absolute Gasteiger partial charge is 0.475 e. The first-order chi connectivity index (χ1) is 8.58. The highest BCUT2D eigenvalue weighted by Crippen LogP contribution is 2.37. The molecule has 6 nitrogen and oxygen atoms in total. The number of Topliss-reactive ketones (excluding diaryl/α,β-unsaturated/α-hetero) is 1. The average molecular weight is 247 g/mol. The number of carboxylic acid groups (broad SMARTS) is 1. The predicted molar refractivity (Wildman–Crippen MR) is 61.0 cm³/mol. The van der Waals surface area contributed by atoms with Crippen molar-refractivity contribution in [2.24, 2.45) is 7.05 Å². The zero-order chi connectivity index (χ0) is 12.9. The van der Waals surface area contributed by atoms with E-state index in [1.807, 2.05) is 0 Å². The van der Waals surface area contributed by atoms with Crippen LogP contribution in [0.3, 0.4) is 0 Å². The van der Waals surface area contributed by atoms with Crippen LogP contribution >= 0.6 is 0 Å². The van der Waals surface area contributed by atoms with Crippen molar-refractivity contribution < 1.29 is 24.2 Å².